The van der Waals surface area contributed by atoms with Crippen molar-refractivity contribution in [2.45, 2.75) is 6.61 Å². The van der Waals surface area contributed by atoms with Gasteiger partial charge in [0.1, 0.15) is 23.7 Å². The van der Waals surface area contributed by atoms with Gasteiger partial charge in [-0.05, 0) is 29.8 Å². The van der Waals surface area contributed by atoms with Gasteiger partial charge < -0.3 is 14.6 Å². The van der Waals surface area contributed by atoms with E-state index in [0.29, 0.717) is 11.3 Å². The molecule has 0 aliphatic carbocycles. The fraction of sp³-hybridized carbons (Fsp3) is 0.125. The summed E-state index contributed by atoms with van der Waals surface area (Å²) in [7, 11) is 1.47. The van der Waals surface area contributed by atoms with Gasteiger partial charge in [0.15, 0.2) is 0 Å². The number of phenolic OH excluding ortho intramolecular Hbond substituents is 1. The third kappa shape index (κ3) is 3.51. The van der Waals surface area contributed by atoms with Gasteiger partial charge in [-0.2, -0.15) is 5.26 Å². The van der Waals surface area contributed by atoms with Crippen LogP contribution < -0.4 is 4.74 Å². The van der Waals surface area contributed by atoms with Gasteiger partial charge in [-0.25, -0.2) is 4.79 Å². The molecule has 0 heterocycles. The number of aromatic hydroxyl groups is 1. The third-order valence-electron chi connectivity index (χ3n) is 2.88. The van der Waals surface area contributed by atoms with Crippen molar-refractivity contribution in [1.82, 2.24) is 0 Å². The number of rotatable bonds is 4. The van der Waals surface area contributed by atoms with E-state index < -0.39 is 5.97 Å². The maximum Gasteiger partial charge on any atom is 0.342 e. The molecule has 2 rings (SSSR count). The number of esters is 1. The molecule has 0 spiro atoms. The topological polar surface area (TPSA) is 79.5 Å². The van der Waals surface area contributed by atoms with Crippen LogP contribution in [0.1, 0.15) is 21.5 Å². The minimum atomic E-state index is -0.625. The number of methoxy groups -OCH3 is 1. The molecule has 21 heavy (non-hydrogen) atoms. The molecule has 2 aromatic rings. The van der Waals surface area contributed by atoms with E-state index in [4.69, 9.17) is 14.7 Å². The van der Waals surface area contributed by atoms with Crippen molar-refractivity contribution in [3.8, 4) is 17.6 Å². The van der Waals surface area contributed by atoms with E-state index in [-0.39, 0.29) is 17.9 Å². The Morgan fingerprint density at radius 3 is 2.52 bits per heavy atom. The molecule has 0 aliphatic rings. The molecule has 0 aliphatic heterocycles. The van der Waals surface area contributed by atoms with E-state index >= 15 is 0 Å². The molecule has 0 atom stereocenters. The second kappa shape index (κ2) is 6.44. The van der Waals surface area contributed by atoms with Crippen LogP contribution in [0.15, 0.2) is 42.5 Å². The summed E-state index contributed by atoms with van der Waals surface area (Å²) < 4.78 is 10.1. The van der Waals surface area contributed by atoms with Gasteiger partial charge in [0.05, 0.1) is 18.7 Å². The average molecular weight is 283 g/mol. The predicted octanol–water partition coefficient (Wildman–Crippen LogP) is 2.63. The van der Waals surface area contributed by atoms with E-state index in [1.807, 2.05) is 6.07 Å². The van der Waals surface area contributed by atoms with Crippen molar-refractivity contribution < 1.29 is 19.4 Å². The second-order valence-corrected chi connectivity index (χ2v) is 4.27. The van der Waals surface area contributed by atoms with Crippen LogP contribution in [0.4, 0.5) is 0 Å². The van der Waals surface area contributed by atoms with Crippen LogP contribution in [0.2, 0.25) is 0 Å². The Morgan fingerprint density at radius 2 is 1.95 bits per heavy atom. The molecule has 0 fully saturated rings. The largest absolute Gasteiger partial charge is 0.507 e. The lowest BCUT2D eigenvalue weighted by Crippen LogP contribution is -2.05. The number of nitriles is 1. The van der Waals surface area contributed by atoms with Crippen LogP contribution in [0.3, 0.4) is 0 Å². The number of hydrogen-bond donors (Lipinski definition) is 1. The Kier molecular flexibility index (Phi) is 4.42. The molecule has 0 saturated heterocycles. The Balaban J connectivity index is 2.02. The fourth-order valence-electron chi connectivity index (χ4n) is 1.71. The predicted molar refractivity (Wildman–Crippen MR) is 74.9 cm³/mol. The maximum absolute atomic E-state index is 11.9. The number of benzene rings is 2. The number of carbonyl (C=O) groups excluding carboxylic acids is 1. The van der Waals surface area contributed by atoms with Crippen molar-refractivity contribution in [3.05, 3.63) is 59.2 Å². The molecule has 5 heteroatoms. The molecule has 0 radical (unpaired) electrons. The molecular formula is C16H13NO4. The number of nitrogens with zero attached hydrogens (tertiary/aromatic N) is 1. The van der Waals surface area contributed by atoms with Gasteiger partial charge >= 0.3 is 5.97 Å². The average Bonchev–Trinajstić information content (AvgIpc) is 2.52. The van der Waals surface area contributed by atoms with Crippen LogP contribution in [0.5, 0.6) is 11.5 Å². The molecule has 0 saturated carbocycles. The first-order valence-electron chi connectivity index (χ1n) is 6.17. The van der Waals surface area contributed by atoms with Gasteiger partial charge in [0.25, 0.3) is 0 Å². The third-order valence-corrected chi connectivity index (χ3v) is 2.88. The first-order chi connectivity index (χ1) is 10.1. The minimum Gasteiger partial charge on any atom is -0.507 e. The zero-order valence-electron chi connectivity index (χ0n) is 11.4. The quantitative estimate of drug-likeness (QED) is 0.872. The molecule has 0 amide bonds. The van der Waals surface area contributed by atoms with Crippen molar-refractivity contribution in [3.63, 3.8) is 0 Å². The highest BCUT2D eigenvalue weighted by molar-refractivity contribution is 5.92. The Morgan fingerprint density at radius 1 is 1.24 bits per heavy atom. The molecule has 0 aromatic heterocycles. The summed E-state index contributed by atoms with van der Waals surface area (Å²) in [5, 5.41) is 18.4. The second-order valence-electron chi connectivity index (χ2n) is 4.27. The smallest absolute Gasteiger partial charge is 0.342 e. The Labute approximate surface area is 122 Å². The van der Waals surface area contributed by atoms with E-state index in [2.05, 4.69) is 0 Å². The Bertz CT molecular complexity index is 686. The Hall–Kier alpha value is -3.00. The summed E-state index contributed by atoms with van der Waals surface area (Å²) in [4.78, 5) is 11.9. The highest BCUT2D eigenvalue weighted by Gasteiger charge is 2.13. The van der Waals surface area contributed by atoms with Crippen LogP contribution in [0.25, 0.3) is 0 Å². The highest BCUT2D eigenvalue weighted by Crippen LogP contribution is 2.24. The number of carbonyl (C=O) groups is 1. The first-order valence-corrected chi connectivity index (χ1v) is 6.17. The van der Waals surface area contributed by atoms with Crippen LogP contribution in [-0.4, -0.2) is 18.2 Å². The van der Waals surface area contributed by atoms with Gasteiger partial charge in [0.2, 0.25) is 0 Å². The molecular weight excluding hydrogens is 270 g/mol. The summed E-state index contributed by atoms with van der Waals surface area (Å²) in [5.74, 6) is -0.366. The van der Waals surface area contributed by atoms with Gasteiger partial charge in [-0.15, -0.1) is 0 Å². The van der Waals surface area contributed by atoms with Crippen molar-refractivity contribution >= 4 is 5.97 Å². The van der Waals surface area contributed by atoms with Crippen LogP contribution in [-0.2, 0) is 11.3 Å². The molecule has 0 bridgehead atoms. The van der Waals surface area contributed by atoms with Crippen LogP contribution >= 0.6 is 0 Å². The standard InChI is InChI=1S/C16H13NO4/c1-20-13-6-7-14(15(18)8-13)16(19)21-10-12-4-2-11(9-17)3-5-12/h2-8,18H,10H2,1H3. The first kappa shape index (κ1) is 14.4. The number of ether oxygens (including phenoxy) is 2. The zero-order chi connectivity index (χ0) is 15.2. The minimum absolute atomic E-state index is 0.0655. The number of hydrogen-bond acceptors (Lipinski definition) is 5. The number of phenols is 1. The summed E-state index contributed by atoms with van der Waals surface area (Å²) in [5.41, 5.74) is 1.37. The van der Waals surface area contributed by atoms with Crippen molar-refractivity contribution in [1.29, 1.82) is 5.26 Å². The molecule has 2 aromatic carbocycles. The van der Waals surface area contributed by atoms with Crippen molar-refractivity contribution in [2.75, 3.05) is 7.11 Å². The summed E-state index contributed by atoms with van der Waals surface area (Å²) in [6, 6.07) is 13.1. The van der Waals surface area contributed by atoms with Crippen LogP contribution in [0, 0.1) is 11.3 Å². The zero-order valence-corrected chi connectivity index (χ0v) is 11.4. The van der Waals surface area contributed by atoms with Gasteiger partial charge in [-0.1, -0.05) is 12.1 Å². The molecule has 106 valence electrons. The SMILES string of the molecule is COc1ccc(C(=O)OCc2ccc(C#N)cc2)c(O)c1. The van der Waals surface area contributed by atoms with E-state index in [9.17, 15) is 9.90 Å². The van der Waals surface area contributed by atoms with E-state index in [1.54, 1.807) is 30.3 Å². The monoisotopic (exact) mass is 283 g/mol. The lowest BCUT2D eigenvalue weighted by Gasteiger charge is -2.08. The molecule has 0 unspecified atom stereocenters. The lowest BCUT2D eigenvalue weighted by atomic mass is 10.1. The van der Waals surface area contributed by atoms with E-state index in [0.717, 1.165) is 5.56 Å². The lowest BCUT2D eigenvalue weighted by molar-refractivity contribution is 0.0469. The summed E-state index contributed by atoms with van der Waals surface area (Å²) in [6.07, 6.45) is 0. The fourth-order valence-corrected chi connectivity index (χ4v) is 1.71. The highest BCUT2D eigenvalue weighted by atomic mass is 16.5. The molecule has 5 nitrogen and oxygen atoms in total. The summed E-state index contributed by atoms with van der Waals surface area (Å²) in [6.45, 7) is 0.0655. The van der Waals surface area contributed by atoms with E-state index in [1.165, 1.54) is 19.2 Å². The van der Waals surface area contributed by atoms with Gasteiger partial charge in [-0.3, -0.25) is 0 Å². The van der Waals surface area contributed by atoms with Gasteiger partial charge in [0, 0.05) is 6.07 Å². The summed E-state index contributed by atoms with van der Waals surface area (Å²) >= 11 is 0. The van der Waals surface area contributed by atoms with Crippen molar-refractivity contribution in [2.24, 2.45) is 0 Å². The maximum atomic E-state index is 11.9. The molecule has 1 N–H and O–H groups in total. The normalized spacial score (nSPS) is 9.71.